The number of H-pyrrole nitrogens is 1. The quantitative estimate of drug-likeness (QED) is 0.672. The van der Waals surface area contributed by atoms with E-state index in [1.165, 1.54) is 5.56 Å². The van der Waals surface area contributed by atoms with E-state index in [0.717, 1.165) is 54.3 Å². The number of aromatic nitrogens is 2. The van der Waals surface area contributed by atoms with E-state index in [2.05, 4.69) is 21.6 Å². The minimum atomic E-state index is -0.0333. The third kappa shape index (κ3) is 4.42. The summed E-state index contributed by atoms with van der Waals surface area (Å²) in [5.74, 6) is 1.20. The molecule has 3 aromatic rings. The van der Waals surface area contributed by atoms with E-state index in [1.807, 2.05) is 60.4 Å². The molecular weight excluding hydrogens is 364 g/mol. The zero-order valence-corrected chi connectivity index (χ0v) is 16.8. The van der Waals surface area contributed by atoms with Crippen LogP contribution in [-0.4, -0.2) is 41.3 Å². The lowest BCUT2D eigenvalue weighted by Crippen LogP contribution is -2.40. The molecule has 2 heterocycles. The number of likely N-dealkylation sites (tertiary alicyclic amines) is 1. The van der Waals surface area contributed by atoms with Gasteiger partial charge in [0, 0.05) is 36.0 Å². The van der Waals surface area contributed by atoms with Gasteiger partial charge in [-0.05, 0) is 50.1 Å². The van der Waals surface area contributed by atoms with Crippen LogP contribution < -0.4 is 10.1 Å². The summed E-state index contributed by atoms with van der Waals surface area (Å²) in [6.07, 6.45) is 1.84. The van der Waals surface area contributed by atoms with Gasteiger partial charge >= 0.3 is 6.03 Å². The van der Waals surface area contributed by atoms with E-state index < -0.39 is 0 Å². The number of nitrogens with one attached hydrogen (secondary N) is 2. The van der Waals surface area contributed by atoms with E-state index in [0.29, 0.717) is 5.92 Å². The molecule has 0 radical (unpaired) electrons. The number of amides is 2. The minimum absolute atomic E-state index is 0.0333. The number of urea groups is 1. The third-order valence-electron chi connectivity index (χ3n) is 5.49. The van der Waals surface area contributed by atoms with Crippen LogP contribution in [0.25, 0.3) is 11.3 Å². The summed E-state index contributed by atoms with van der Waals surface area (Å²) >= 11 is 0. The van der Waals surface area contributed by atoms with Crippen molar-refractivity contribution < 1.29 is 9.53 Å². The number of ether oxygens (including phenoxy) is 1. The fraction of sp³-hybridized carbons (Fsp3) is 0.304. The van der Waals surface area contributed by atoms with E-state index in [4.69, 9.17) is 4.74 Å². The molecule has 2 N–H and O–H groups in total. The smallest absolute Gasteiger partial charge is 0.321 e. The van der Waals surface area contributed by atoms with Gasteiger partial charge in [0.25, 0.3) is 0 Å². The van der Waals surface area contributed by atoms with Gasteiger partial charge in [0.05, 0.1) is 12.8 Å². The van der Waals surface area contributed by atoms with Crippen molar-refractivity contribution in [2.45, 2.75) is 25.7 Å². The Hall–Kier alpha value is -3.28. The number of aryl methyl sites for hydroxylation is 1. The lowest BCUT2D eigenvalue weighted by molar-refractivity contribution is 0.194. The molecule has 2 aromatic carbocycles. The molecule has 1 fully saturated rings. The van der Waals surface area contributed by atoms with E-state index in [-0.39, 0.29) is 6.03 Å². The van der Waals surface area contributed by atoms with Crippen LogP contribution in [-0.2, 0) is 0 Å². The second-order valence-electron chi connectivity index (χ2n) is 7.50. The van der Waals surface area contributed by atoms with Gasteiger partial charge in [0.2, 0.25) is 0 Å². The maximum Gasteiger partial charge on any atom is 0.321 e. The number of aromatic amines is 1. The molecule has 0 atom stereocenters. The first kappa shape index (κ1) is 19.1. The maximum atomic E-state index is 12.5. The van der Waals surface area contributed by atoms with Crippen LogP contribution in [0.15, 0.2) is 54.6 Å². The molecule has 0 bridgehead atoms. The molecule has 0 saturated carbocycles. The first-order chi connectivity index (χ1) is 14.1. The summed E-state index contributed by atoms with van der Waals surface area (Å²) < 4.78 is 5.30. The van der Waals surface area contributed by atoms with Gasteiger partial charge in [-0.3, -0.25) is 5.10 Å². The first-order valence-corrected chi connectivity index (χ1v) is 9.95. The van der Waals surface area contributed by atoms with Crippen LogP contribution in [0.1, 0.15) is 30.0 Å². The lowest BCUT2D eigenvalue weighted by Gasteiger charge is -2.31. The number of rotatable bonds is 4. The standard InChI is InChI=1S/C23H26N4O2/c1-16-6-8-19(9-7-16)24-23(28)27-12-10-17(11-13-27)21-15-22(26-25-21)18-4-3-5-20(14-18)29-2/h3-9,14-15,17H,10-13H2,1-2H3,(H,24,28)(H,25,26). The Kier molecular flexibility index (Phi) is 5.51. The van der Waals surface area contributed by atoms with Crippen molar-refractivity contribution in [3.8, 4) is 17.0 Å². The molecule has 1 saturated heterocycles. The summed E-state index contributed by atoms with van der Waals surface area (Å²) in [5.41, 5.74) is 5.08. The molecule has 4 rings (SSSR count). The van der Waals surface area contributed by atoms with Crippen molar-refractivity contribution in [2.24, 2.45) is 0 Å². The minimum Gasteiger partial charge on any atom is -0.497 e. The van der Waals surface area contributed by atoms with Crippen molar-refractivity contribution >= 4 is 11.7 Å². The van der Waals surface area contributed by atoms with E-state index >= 15 is 0 Å². The van der Waals surface area contributed by atoms with Gasteiger partial charge < -0.3 is 15.0 Å². The number of benzene rings is 2. The highest BCUT2D eigenvalue weighted by Gasteiger charge is 2.25. The molecule has 0 unspecified atom stereocenters. The van der Waals surface area contributed by atoms with Gasteiger partial charge in [-0.15, -0.1) is 0 Å². The average molecular weight is 390 g/mol. The highest BCUT2D eigenvalue weighted by molar-refractivity contribution is 5.89. The topological polar surface area (TPSA) is 70.2 Å². The Morgan fingerprint density at radius 3 is 2.62 bits per heavy atom. The molecule has 6 nitrogen and oxygen atoms in total. The largest absolute Gasteiger partial charge is 0.497 e. The number of carbonyl (C=O) groups is 1. The molecule has 6 heteroatoms. The van der Waals surface area contributed by atoms with Crippen LogP contribution in [0, 0.1) is 6.92 Å². The van der Waals surface area contributed by atoms with Crippen molar-refractivity contribution in [1.82, 2.24) is 15.1 Å². The number of carbonyl (C=O) groups excluding carboxylic acids is 1. The summed E-state index contributed by atoms with van der Waals surface area (Å²) in [6, 6.07) is 17.9. The summed E-state index contributed by atoms with van der Waals surface area (Å²) in [4.78, 5) is 14.4. The molecule has 0 spiro atoms. The van der Waals surface area contributed by atoms with Crippen molar-refractivity contribution in [2.75, 3.05) is 25.5 Å². The molecule has 1 aliphatic heterocycles. The second kappa shape index (κ2) is 8.39. The number of piperidine rings is 1. The SMILES string of the molecule is COc1cccc(-c2cc(C3CCN(C(=O)Nc4ccc(C)cc4)CC3)[nH]n2)c1. The lowest BCUT2D eigenvalue weighted by atomic mass is 9.93. The number of methoxy groups -OCH3 is 1. The summed E-state index contributed by atoms with van der Waals surface area (Å²) in [5, 5.41) is 10.7. The average Bonchev–Trinajstić information content (AvgIpc) is 3.26. The Balaban J connectivity index is 1.35. The predicted octanol–water partition coefficient (Wildman–Crippen LogP) is 4.81. The van der Waals surface area contributed by atoms with Gasteiger partial charge in [-0.25, -0.2) is 4.79 Å². The predicted molar refractivity (Wildman–Crippen MR) is 114 cm³/mol. The van der Waals surface area contributed by atoms with Crippen LogP contribution in [0.4, 0.5) is 10.5 Å². The van der Waals surface area contributed by atoms with Crippen molar-refractivity contribution in [3.63, 3.8) is 0 Å². The van der Waals surface area contributed by atoms with Gasteiger partial charge in [-0.2, -0.15) is 5.10 Å². The molecule has 0 aliphatic carbocycles. The highest BCUT2D eigenvalue weighted by atomic mass is 16.5. The number of nitrogens with zero attached hydrogens (tertiary/aromatic N) is 2. The Morgan fingerprint density at radius 2 is 1.90 bits per heavy atom. The van der Waals surface area contributed by atoms with Crippen molar-refractivity contribution in [1.29, 1.82) is 0 Å². The van der Waals surface area contributed by atoms with E-state index in [9.17, 15) is 4.79 Å². The molecule has 1 aromatic heterocycles. The number of hydrogen-bond donors (Lipinski definition) is 2. The Labute approximate surface area is 170 Å². The van der Waals surface area contributed by atoms with Gasteiger partial charge in [0.15, 0.2) is 0 Å². The zero-order valence-electron chi connectivity index (χ0n) is 16.8. The molecular formula is C23H26N4O2. The fourth-order valence-corrected chi connectivity index (χ4v) is 3.71. The monoisotopic (exact) mass is 390 g/mol. The highest BCUT2D eigenvalue weighted by Crippen LogP contribution is 2.30. The van der Waals surface area contributed by atoms with Gasteiger partial charge in [0.1, 0.15) is 5.75 Å². The zero-order chi connectivity index (χ0) is 20.2. The molecule has 150 valence electrons. The normalized spacial score (nSPS) is 14.6. The number of hydrogen-bond acceptors (Lipinski definition) is 3. The number of anilines is 1. The Bertz CT molecular complexity index is 973. The van der Waals surface area contributed by atoms with Crippen LogP contribution in [0.5, 0.6) is 5.75 Å². The van der Waals surface area contributed by atoms with Gasteiger partial charge in [-0.1, -0.05) is 29.8 Å². The molecule has 29 heavy (non-hydrogen) atoms. The summed E-state index contributed by atoms with van der Waals surface area (Å²) in [6.45, 7) is 3.50. The fourth-order valence-electron chi connectivity index (χ4n) is 3.71. The van der Waals surface area contributed by atoms with Crippen LogP contribution in [0.3, 0.4) is 0 Å². The van der Waals surface area contributed by atoms with Crippen LogP contribution >= 0.6 is 0 Å². The third-order valence-corrected chi connectivity index (χ3v) is 5.49. The van der Waals surface area contributed by atoms with Crippen LogP contribution in [0.2, 0.25) is 0 Å². The Morgan fingerprint density at radius 1 is 1.14 bits per heavy atom. The second-order valence-corrected chi connectivity index (χ2v) is 7.50. The summed E-state index contributed by atoms with van der Waals surface area (Å²) in [7, 11) is 1.66. The van der Waals surface area contributed by atoms with E-state index in [1.54, 1.807) is 7.11 Å². The van der Waals surface area contributed by atoms with Crippen molar-refractivity contribution in [3.05, 3.63) is 65.9 Å². The first-order valence-electron chi connectivity index (χ1n) is 9.95. The molecule has 1 aliphatic rings. The maximum absolute atomic E-state index is 12.5. The molecule has 2 amide bonds.